The van der Waals surface area contributed by atoms with Gasteiger partial charge in [0.2, 0.25) is 5.91 Å². The summed E-state index contributed by atoms with van der Waals surface area (Å²) in [5, 5.41) is 9.39. The van der Waals surface area contributed by atoms with Crippen LogP contribution in [0.5, 0.6) is 0 Å². The van der Waals surface area contributed by atoms with E-state index < -0.39 is 0 Å². The number of hydrogen-bond donors (Lipinski definition) is 3. The lowest BCUT2D eigenvalue weighted by atomic mass is 10.1. The zero-order valence-electron chi connectivity index (χ0n) is 18.9. The van der Waals surface area contributed by atoms with Gasteiger partial charge in [0.05, 0.1) is 13.1 Å². The summed E-state index contributed by atoms with van der Waals surface area (Å²) in [5.41, 5.74) is 5.35. The number of rotatable bonds is 6. The van der Waals surface area contributed by atoms with Crippen LogP contribution in [0.3, 0.4) is 0 Å². The van der Waals surface area contributed by atoms with Crippen molar-refractivity contribution in [1.29, 1.82) is 0 Å². The molecule has 8 heteroatoms. The Kier molecular flexibility index (Phi) is 9.96. The minimum absolute atomic E-state index is 0. The van der Waals surface area contributed by atoms with Crippen LogP contribution in [0.15, 0.2) is 47.5 Å². The zero-order chi connectivity index (χ0) is 22.2. The summed E-state index contributed by atoms with van der Waals surface area (Å²) in [5.74, 6) is 0.519. The van der Waals surface area contributed by atoms with Gasteiger partial charge in [-0.15, -0.1) is 24.0 Å². The average Bonchev–Trinajstić information content (AvgIpc) is 2.76. The van der Waals surface area contributed by atoms with Crippen LogP contribution in [0.4, 0.5) is 0 Å². The van der Waals surface area contributed by atoms with Gasteiger partial charge in [-0.05, 0) is 49.6 Å². The molecule has 0 spiro atoms. The first-order chi connectivity index (χ1) is 15.0. The van der Waals surface area contributed by atoms with E-state index in [0.717, 1.165) is 18.1 Å². The molecule has 0 saturated carbocycles. The molecule has 2 aromatic carbocycles. The first-order valence-corrected chi connectivity index (χ1v) is 10.7. The number of halogens is 1. The standard InChI is InChI=1S/C24H31N5O2.HI/c1-4-25-24(28-15-21-8-5-17(2)13-18(21)3)27-14-19-6-9-20(10-7-19)23(31)29-12-11-26-22(30)16-29;/h5-10,13H,4,11-12,14-16H2,1-3H3,(H,26,30)(H2,25,27,28);1H. The number of nitrogens with zero attached hydrogens (tertiary/aromatic N) is 2. The van der Waals surface area contributed by atoms with Crippen molar-refractivity contribution in [3.05, 3.63) is 70.3 Å². The van der Waals surface area contributed by atoms with Crippen molar-refractivity contribution in [3.63, 3.8) is 0 Å². The first-order valence-electron chi connectivity index (χ1n) is 10.7. The number of aryl methyl sites for hydroxylation is 2. The third-order valence-electron chi connectivity index (χ3n) is 5.23. The highest BCUT2D eigenvalue weighted by molar-refractivity contribution is 14.0. The van der Waals surface area contributed by atoms with E-state index in [1.54, 1.807) is 17.0 Å². The lowest BCUT2D eigenvalue weighted by Gasteiger charge is -2.26. The minimum Gasteiger partial charge on any atom is -0.357 e. The molecule has 7 nitrogen and oxygen atoms in total. The fourth-order valence-electron chi connectivity index (χ4n) is 3.48. The first kappa shape index (κ1) is 25.6. The van der Waals surface area contributed by atoms with Crippen molar-refractivity contribution in [2.24, 2.45) is 4.99 Å². The van der Waals surface area contributed by atoms with Crippen LogP contribution < -0.4 is 16.0 Å². The maximum atomic E-state index is 12.6. The molecule has 0 radical (unpaired) electrons. The summed E-state index contributed by atoms with van der Waals surface area (Å²) in [6.45, 7) is 9.38. The van der Waals surface area contributed by atoms with Gasteiger partial charge in [0.15, 0.2) is 5.96 Å². The normalized spacial score (nSPS) is 13.8. The van der Waals surface area contributed by atoms with E-state index in [-0.39, 0.29) is 42.3 Å². The average molecular weight is 549 g/mol. The summed E-state index contributed by atoms with van der Waals surface area (Å²) in [6.07, 6.45) is 0. The minimum atomic E-state index is -0.117. The van der Waals surface area contributed by atoms with Crippen LogP contribution in [-0.2, 0) is 17.9 Å². The fraction of sp³-hybridized carbons (Fsp3) is 0.375. The van der Waals surface area contributed by atoms with E-state index in [4.69, 9.17) is 0 Å². The maximum Gasteiger partial charge on any atom is 0.254 e. The van der Waals surface area contributed by atoms with E-state index in [9.17, 15) is 9.59 Å². The Labute approximate surface area is 207 Å². The molecule has 2 amide bonds. The zero-order valence-corrected chi connectivity index (χ0v) is 21.2. The molecule has 0 bridgehead atoms. The van der Waals surface area contributed by atoms with Crippen LogP contribution in [0.1, 0.15) is 39.5 Å². The lowest BCUT2D eigenvalue weighted by molar-refractivity contribution is -0.123. The number of aliphatic imine (C=N–C) groups is 1. The summed E-state index contributed by atoms with van der Waals surface area (Å²) in [7, 11) is 0. The summed E-state index contributed by atoms with van der Waals surface area (Å²) in [6, 6.07) is 13.9. The Bertz CT molecular complexity index is 959. The van der Waals surface area contributed by atoms with Crippen molar-refractivity contribution in [1.82, 2.24) is 20.9 Å². The molecule has 3 rings (SSSR count). The van der Waals surface area contributed by atoms with Crippen molar-refractivity contribution < 1.29 is 9.59 Å². The lowest BCUT2D eigenvalue weighted by Crippen LogP contribution is -2.49. The third-order valence-corrected chi connectivity index (χ3v) is 5.23. The monoisotopic (exact) mass is 549 g/mol. The van der Waals surface area contributed by atoms with Crippen molar-refractivity contribution in [2.75, 3.05) is 26.2 Å². The molecule has 0 aliphatic carbocycles. The quantitative estimate of drug-likeness (QED) is 0.294. The second-order valence-electron chi connectivity index (χ2n) is 7.75. The number of hydrogen-bond acceptors (Lipinski definition) is 3. The summed E-state index contributed by atoms with van der Waals surface area (Å²) in [4.78, 5) is 30.3. The van der Waals surface area contributed by atoms with E-state index in [1.807, 2.05) is 19.1 Å². The van der Waals surface area contributed by atoms with Crippen molar-refractivity contribution >= 4 is 41.8 Å². The van der Waals surface area contributed by atoms with Gasteiger partial charge in [0.1, 0.15) is 0 Å². The maximum absolute atomic E-state index is 12.6. The van der Waals surface area contributed by atoms with Crippen LogP contribution in [0, 0.1) is 13.8 Å². The predicted molar refractivity (Wildman–Crippen MR) is 138 cm³/mol. The fourth-order valence-corrected chi connectivity index (χ4v) is 3.48. The van der Waals surface area contributed by atoms with E-state index in [0.29, 0.717) is 31.7 Å². The molecule has 3 N–H and O–H groups in total. The van der Waals surface area contributed by atoms with Crippen LogP contribution in [0.2, 0.25) is 0 Å². The highest BCUT2D eigenvalue weighted by Gasteiger charge is 2.22. The Morgan fingerprint density at radius 1 is 1.12 bits per heavy atom. The molecule has 0 atom stereocenters. The van der Waals surface area contributed by atoms with Gasteiger partial charge in [0.25, 0.3) is 5.91 Å². The molecule has 1 heterocycles. The molecule has 32 heavy (non-hydrogen) atoms. The third kappa shape index (κ3) is 7.22. The summed E-state index contributed by atoms with van der Waals surface area (Å²) >= 11 is 0. The molecular formula is C24H32IN5O2. The number of amides is 2. The van der Waals surface area contributed by atoms with Gasteiger partial charge >= 0.3 is 0 Å². The van der Waals surface area contributed by atoms with Gasteiger partial charge in [0, 0.05) is 31.7 Å². The molecule has 0 aromatic heterocycles. The number of guanidine groups is 1. The largest absolute Gasteiger partial charge is 0.357 e. The number of carbonyl (C=O) groups excluding carboxylic acids is 2. The Morgan fingerprint density at radius 3 is 2.53 bits per heavy atom. The van der Waals surface area contributed by atoms with Crippen LogP contribution in [0.25, 0.3) is 0 Å². The van der Waals surface area contributed by atoms with Crippen LogP contribution >= 0.6 is 24.0 Å². The van der Waals surface area contributed by atoms with Gasteiger partial charge in [-0.2, -0.15) is 0 Å². The van der Waals surface area contributed by atoms with E-state index in [2.05, 4.69) is 53.0 Å². The SMILES string of the molecule is CCNC(=NCc1ccc(C(=O)N2CCNC(=O)C2)cc1)NCc1ccc(C)cc1C.I. The number of carbonyl (C=O) groups is 2. The second kappa shape index (κ2) is 12.4. The molecule has 1 aliphatic rings. The van der Waals surface area contributed by atoms with Crippen molar-refractivity contribution in [3.8, 4) is 0 Å². The van der Waals surface area contributed by atoms with Gasteiger partial charge in [-0.1, -0.05) is 35.9 Å². The predicted octanol–water partition coefficient (Wildman–Crippen LogP) is 2.75. The molecule has 1 fully saturated rings. The van der Waals surface area contributed by atoms with Gasteiger partial charge < -0.3 is 20.9 Å². The van der Waals surface area contributed by atoms with Gasteiger partial charge in [-0.25, -0.2) is 4.99 Å². The van der Waals surface area contributed by atoms with Crippen molar-refractivity contribution in [2.45, 2.75) is 33.9 Å². The molecule has 0 unspecified atom stereocenters. The topological polar surface area (TPSA) is 85.8 Å². The molecule has 2 aromatic rings. The smallest absolute Gasteiger partial charge is 0.254 e. The number of piperazine rings is 1. The molecule has 1 saturated heterocycles. The molecule has 1 aliphatic heterocycles. The van der Waals surface area contributed by atoms with E-state index >= 15 is 0 Å². The Hall–Kier alpha value is -2.62. The van der Waals surface area contributed by atoms with E-state index in [1.165, 1.54) is 16.7 Å². The Morgan fingerprint density at radius 2 is 1.88 bits per heavy atom. The number of nitrogens with one attached hydrogen (secondary N) is 3. The second-order valence-corrected chi connectivity index (χ2v) is 7.75. The summed E-state index contributed by atoms with van der Waals surface area (Å²) < 4.78 is 0. The molecular weight excluding hydrogens is 517 g/mol. The van der Waals surface area contributed by atoms with Crippen LogP contribution in [-0.4, -0.2) is 48.9 Å². The highest BCUT2D eigenvalue weighted by atomic mass is 127. The molecule has 172 valence electrons. The number of benzene rings is 2. The highest BCUT2D eigenvalue weighted by Crippen LogP contribution is 2.11. The van der Waals surface area contributed by atoms with Gasteiger partial charge in [-0.3, -0.25) is 9.59 Å². The Balaban J connectivity index is 0.00000363.